The summed E-state index contributed by atoms with van der Waals surface area (Å²) >= 11 is 12.6. The number of nitrogen functional groups attached to an aromatic ring is 2. The Bertz CT molecular complexity index is 1420. The standard InChI is InChI=1S/C32H44Cl2N6O3/c1-30(2,31(3,4)19-43-28-23(41-6)15-20(35)16-24(28)42-7)18-38-32(5)11-13-40(14-12-32)25-17-37-27(29(36)39-25)21-9-8-10-22(33)26(21)34/h8-10,15-17,38H,11-14,18-19,35H2,1-7H3,(H2,36,39). The van der Waals surface area contributed by atoms with Gasteiger partial charge in [0.2, 0.25) is 5.75 Å². The molecule has 2 aromatic carbocycles. The van der Waals surface area contributed by atoms with Gasteiger partial charge in [0.1, 0.15) is 11.5 Å². The van der Waals surface area contributed by atoms with Crippen molar-refractivity contribution < 1.29 is 14.2 Å². The van der Waals surface area contributed by atoms with Gasteiger partial charge in [-0.25, -0.2) is 9.97 Å². The number of methoxy groups -OCH3 is 2. The fraction of sp³-hybridized carbons (Fsp3) is 0.500. The minimum absolute atomic E-state index is 0.0265. The fourth-order valence-electron chi connectivity index (χ4n) is 5.01. The average molecular weight is 632 g/mol. The first-order valence-electron chi connectivity index (χ1n) is 14.4. The molecule has 0 unspecified atom stereocenters. The number of benzene rings is 2. The van der Waals surface area contributed by atoms with Gasteiger partial charge in [-0.05, 0) is 31.2 Å². The molecule has 1 aliphatic heterocycles. The number of piperidine rings is 1. The highest BCUT2D eigenvalue weighted by atomic mass is 35.5. The lowest BCUT2D eigenvalue weighted by atomic mass is 9.68. The number of rotatable bonds is 11. The van der Waals surface area contributed by atoms with E-state index in [1.54, 1.807) is 38.6 Å². The summed E-state index contributed by atoms with van der Waals surface area (Å²) in [6, 6.07) is 8.88. The molecule has 1 saturated heterocycles. The van der Waals surface area contributed by atoms with Gasteiger partial charge in [0.15, 0.2) is 17.3 Å². The molecule has 0 aliphatic carbocycles. The number of hydrogen-bond acceptors (Lipinski definition) is 9. The van der Waals surface area contributed by atoms with Crippen molar-refractivity contribution in [1.29, 1.82) is 0 Å². The van der Waals surface area contributed by atoms with Crippen LogP contribution >= 0.6 is 23.2 Å². The Labute approximate surface area is 265 Å². The molecule has 4 rings (SSSR count). The number of nitrogens with zero attached hydrogens (tertiary/aromatic N) is 3. The highest BCUT2D eigenvalue weighted by molar-refractivity contribution is 6.43. The van der Waals surface area contributed by atoms with E-state index in [2.05, 4.69) is 54.8 Å². The van der Waals surface area contributed by atoms with Crippen molar-refractivity contribution in [2.75, 3.05) is 56.8 Å². The van der Waals surface area contributed by atoms with Crippen LogP contribution < -0.4 is 35.9 Å². The zero-order valence-corrected chi connectivity index (χ0v) is 27.7. The number of nitrogens with one attached hydrogen (secondary N) is 1. The Morgan fingerprint density at radius 2 is 1.63 bits per heavy atom. The summed E-state index contributed by atoms with van der Waals surface area (Å²) in [7, 11) is 3.19. The molecule has 0 bridgehead atoms. The Balaban J connectivity index is 1.36. The third-order valence-corrected chi connectivity index (χ3v) is 9.85. The summed E-state index contributed by atoms with van der Waals surface area (Å²) in [5.74, 6) is 2.75. The molecule has 0 amide bonds. The molecule has 234 valence electrons. The van der Waals surface area contributed by atoms with E-state index in [1.165, 1.54) is 0 Å². The van der Waals surface area contributed by atoms with Crippen molar-refractivity contribution in [3.8, 4) is 28.5 Å². The summed E-state index contributed by atoms with van der Waals surface area (Å²) in [5.41, 5.74) is 13.8. The van der Waals surface area contributed by atoms with Gasteiger partial charge in [-0.3, -0.25) is 0 Å². The zero-order chi connectivity index (χ0) is 31.6. The molecular formula is C32H44Cl2N6O3. The van der Waals surface area contributed by atoms with E-state index in [9.17, 15) is 0 Å². The lowest BCUT2D eigenvalue weighted by Gasteiger charge is -2.46. The van der Waals surface area contributed by atoms with Crippen LogP contribution in [0.5, 0.6) is 17.2 Å². The largest absolute Gasteiger partial charge is 0.493 e. The summed E-state index contributed by atoms with van der Waals surface area (Å²) in [5, 5.41) is 4.75. The minimum Gasteiger partial charge on any atom is -0.493 e. The molecule has 1 fully saturated rings. The third kappa shape index (κ3) is 7.16. The normalized spacial score (nSPS) is 15.3. The van der Waals surface area contributed by atoms with Gasteiger partial charge in [0, 0.05) is 54.0 Å². The molecule has 11 heteroatoms. The van der Waals surface area contributed by atoms with E-state index < -0.39 is 0 Å². The lowest BCUT2D eigenvalue weighted by Crippen LogP contribution is -2.55. The molecule has 5 N–H and O–H groups in total. The highest BCUT2D eigenvalue weighted by Crippen LogP contribution is 2.44. The van der Waals surface area contributed by atoms with Crippen LogP contribution in [0.15, 0.2) is 36.5 Å². The molecule has 1 aromatic heterocycles. The van der Waals surface area contributed by atoms with Crippen molar-refractivity contribution in [3.05, 3.63) is 46.6 Å². The Hall–Kier alpha value is -3.14. The van der Waals surface area contributed by atoms with Crippen molar-refractivity contribution >= 4 is 40.5 Å². The first-order valence-corrected chi connectivity index (χ1v) is 15.2. The molecule has 0 atom stereocenters. The lowest BCUT2D eigenvalue weighted by molar-refractivity contribution is 0.0381. The van der Waals surface area contributed by atoms with Gasteiger partial charge in [-0.2, -0.15) is 0 Å². The second-order valence-corrected chi connectivity index (χ2v) is 13.6. The molecule has 0 radical (unpaired) electrons. The number of hydrogen-bond donors (Lipinski definition) is 3. The number of halogens is 2. The van der Waals surface area contributed by atoms with Crippen LogP contribution in [0.25, 0.3) is 11.3 Å². The second kappa shape index (κ2) is 12.8. The Morgan fingerprint density at radius 3 is 2.21 bits per heavy atom. The Kier molecular flexibility index (Phi) is 9.79. The van der Waals surface area contributed by atoms with Crippen molar-refractivity contribution in [2.24, 2.45) is 10.8 Å². The van der Waals surface area contributed by atoms with Gasteiger partial charge in [-0.15, -0.1) is 0 Å². The molecule has 2 heterocycles. The van der Waals surface area contributed by atoms with Gasteiger partial charge < -0.3 is 35.9 Å². The molecule has 1 aliphatic rings. The average Bonchev–Trinajstić information content (AvgIpc) is 2.97. The van der Waals surface area contributed by atoms with E-state index in [4.69, 9.17) is 48.9 Å². The predicted molar refractivity (Wildman–Crippen MR) is 177 cm³/mol. The van der Waals surface area contributed by atoms with Gasteiger partial charge in [-0.1, -0.05) is 63.0 Å². The van der Waals surface area contributed by atoms with Crippen LogP contribution in [-0.2, 0) is 0 Å². The highest BCUT2D eigenvalue weighted by Gasteiger charge is 2.40. The van der Waals surface area contributed by atoms with Crippen LogP contribution in [0.2, 0.25) is 10.0 Å². The monoisotopic (exact) mass is 630 g/mol. The van der Waals surface area contributed by atoms with Crippen molar-refractivity contribution in [2.45, 2.75) is 53.0 Å². The Morgan fingerprint density at radius 1 is 1.00 bits per heavy atom. The van der Waals surface area contributed by atoms with Gasteiger partial charge in [0.25, 0.3) is 0 Å². The van der Waals surface area contributed by atoms with E-state index in [0.717, 1.165) is 38.3 Å². The SMILES string of the molecule is COc1cc(N)cc(OC)c1OCC(C)(C)C(C)(C)CNC1(C)CCN(c2cnc(-c3cccc(Cl)c3Cl)c(N)n2)CC1. The molecule has 9 nitrogen and oxygen atoms in total. The first-order chi connectivity index (χ1) is 20.2. The minimum atomic E-state index is -0.185. The van der Waals surface area contributed by atoms with Crippen LogP contribution in [-0.4, -0.2) is 56.0 Å². The predicted octanol–water partition coefficient (Wildman–Crippen LogP) is 6.71. The fourth-order valence-corrected chi connectivity index (χ4v) is 5.40. The van der Waals surface area contributed by atoms with Crippen LogP contribution in [0.1, 0.15) is 47.5 Å². The zero-order valence-electron chi connectivity index (χ0n) is 26.2. The molecular weight excluding hydrogens is 587 g/mol. The summed E-state index contributed by atoms with van der Waals surface area (Å²) in [6.45, 7) is 14.2. The second-order valence-electron chi connectivity index (χ2n) is 12.8. The summed E-state index contributed by atoms with van der Waals surface area (Å²) in [6.07, 6.45) is 3.66. The van der Waals surface area contributed by atoms with Crippen molar-refractivity contribution in [3.63, 3.8) is 0 Å². The number of aromatic nitrogens is 2. The molecule has 43 heavy (non-hydrogen) atoms. The van der Waals surface area contributed by atoms with E-state index >= 15 is 0 Å². The van der Waals surface area contributed by atoms with Gasteiger partial charge in [0.05, 0.1) is 37.1 Å². The van der Waals surface area contributed by atoms with Crippen LogP contribution in [0, 0.1) is 10.8 Å². The number of ether oxygens (including phenoxy) is 3. The molecule has 3 aromatic rings. The maximum absolute atomic E-state index is 6.39. The maximum Gasteiger partial charge on any atom is 0.203 e. The molecule has 0 spiro atoms. The van der Waals surface area contributed by atoms with Crippen LogP contribution in [0.3, 0.4) is 0 Å². The number of anilines is 3. The molecule has 0 saturated carbocycles. The van der Waals surface area contributed by atoms with E-state index in [-0.39, 0.29) is 16.4 Å². The first kappa shape index (κ1) is 32.8. The van der Waals surface area contributed by atoms with Crippen molar-refractivity contribution in [1.82, 2.24) is 15.3 Å². The number of nitrogens with two attached hydrogens (primary N) is 2. The summed E-state index contributed by atoms with van der Waals surface area (Å²) < 4.78 is 17.3. The topological polar surface area (TPSA) is 121 Å². The summed E-state index contributed by atoms with van der Waals surface area (Å²) in [4.78, 5) is 11.5. The van der Waals surface area contributed by atoms with E-state index in [1.807, 2.05) is 12.1 Å². The quantitative estimate of drug-likeness (QED) is 0.198. The maximum atomic E-state index is 6.39. The van der Waals surface area contributed by atoms with Crippen LogP contribution in [0.4, 0.5) is 17.3 Å². The smallest absolute Gasteiger partial charge is 0.203 e. The third-order valence-electron chi connectivity index (χ3n) is 9.03. The van der Waals surface area contributed by atoms with E-state index in [0.29, 0.717) is 56.7 Å². The van der Waals surface area contributed by atoms with Gasteiger partial charge >= 0.3 is 0 Å².